The first-order chi connectivity index (χ1) is 12.9. The largest absolute Gasteiger partial charge is 0.332 e. The second kappa shape index (κ2) is 8.78. The van der Waals surface area contributed by atoms with Gasteiger partial charge in [0.05, 0.1) is 6.04 Å². The predicted octanol–water partition coefficient (Wildman–Crippen LogP) is 4.40. The minimum atomic E-state index is -3.30. The first kappa shape index (κ1) is 22.6. The van der Waals surface area contributed by atoms with Gasteiger partial charge in [-0.05, 0) is 44.4 Å². The Bertz CT molecular complexity index is 823. The van der Waals surface area contributed by atoms with Crippen LogP contribution in [0.5, 0.6) is 0 Å². The van der Waals surface area contributed by atoms with Crippen molar-refractivity contribution in [2.45, 2.75) is 44.7 Å². The van der Waals surface area contributed by atoms with Crippen LogP contribution in [0.4, 0.5) is 13.6 Å². The molecule has 0 saturated carbocycles. The molecule has 28 heavy (non-hydrogen) atoms. The average molecular weight is 435 g/mol. The maximum atomic E-state index is 13.9. The zero-order chi connectivity index (χ0) is 21.1. The smallest absolute Gasteiger partial charge is 0.318 e. The molecule has 156 valence electrons. The molecule has 0 radical (unpaired) electrons. The third kappa shape index (κ3) is 6.44. The lowest BCUT2D eigenvalue weighted by Crippen LogP contribution is -2.50. The molecular weight excluding hydrogens is 410 g/mol. The lowest BCUT2D eigenvalue weighted by Gasteiger charge is -2.41. The molecule has 0 spiro atoms. The number of nitrogens with one attached hydrogen (secondary N) is 1. The Kier molecular flexibility index (Phi) is 7.09. The van der Waals surface area contributed by atoms with Crippen molar-refractivity contribution in [2.75, 3.05) is 12.8 Å². The van der Waals surface area contributed by atoms with Gasteiger partial charge in [0.2, 0.25) is 5.92 Å². The molecule has 0 bridgehead atoms. The fourth-order valence-corrected chi connectivity index (χ4v) is 3.90. The Morgan fingerprint density at radius 2 is 1.96 bits per heavy atom. The molecule has 0 unspecified atom stereocenters. The molecule has 1 aliphatic heterocycles. The highest BCUT2D eigenvalue weighted by atomic mass is 35.5. The molecule has 1 aromatic carbocycles. The predicted molar refractivity (Wildman–Crippen MR) is 106 cm³/mol. The third-order valence-electron chi connectivity index (χ3n) is 4.80. The minimum Gasteiger partial charge on any atom is -0.332 e. The van der Waals surface area contributed by atoms with Crippen LogP contribution in [0.15, 0.2) is 35.7 Å². The molecule has 2 rings (SSSR count). The maximum absolute atomic E-state index is 13.9. The van der Waals surface area contributed by atoms with Crippen molar-refractivity contribution in [2.24, 2.45) is 5.92 Å². The first-order valence-corrected chi connectivity index (χ1v) is 11.3. The van der Waals surface area contributed by atoms with Gasteiger partial charge in [0.1, 0.15) is 0 Å². The Morgan fingerprint density at radius 3 is 2.50 bits per heavy atom. The van der Waals surface area contributed by atoms with Crippen LogP contribution in [-0.4, -0.2) is 44.1 Å². The van der Waals surface area contributed by atoms with Crippen molar-refractivity contribution >= 4 is 27.5 Å². The number of likely N-dealkylation sites (tertiary alicyclic amines) is 1. The average Bonchev–Trinajstić information content (AvgIpc) is 2.59. The molecule has 1 saturated heterocycles. The van der Waals surface area contributed by atoms with E-state index in [2.05, 4.69) is 5.32 Å². The zero-order valence-corrected chi connectivity index (χ0v) is 17.6. The standard InChI is InChI=1S/C19H25ClF2N2O3S/c1-13(9-11-28(3,26)27)23-18(25)24-10-8-15(19(2,21)22)12-17(24)14-4-6-16(20)7-5-14/h4-7,9,11,13,15,17H,8,10,12H2,1-3H3,(H,23,25)/b11-9+/t13-,15+,17-/m0/s1. The number of sulfone groups is 1. The number of urea groups is 1. The van der Waals surface area contributed by atoms with E-state index in [1.165, 1.54) is 11.0 Å². The number of alkyl halides is 2. The normalized spacial score (nSPS) is 22.3. The van der Waals surface area contributed by atoms with Crippen molar-refractivity contribution < 1.29 is 22.0 Å². The molecule has 1 heterocycles. The number of piperidine rings is 1. The Morgan fingerprint density at radius 1 is 1.36 bits per heavy atom. The fourth-order valence-electron chi connectivity index (χ4n) is 3.26. The van der Waals surface area contributed by atoms with Crippen molar-refractivity contribution in [1.82, 2.24) is 10.2 Å². The van der Waals surface area contributed by atoms with Crippen molar-refractivity contribution in [3.8, 4) is 0 Å². The third-order valence-corrected chi connectivity index (χ3v) is 5.70. The van der Waals surface area contributed by atoms with E-state index in [9.17, 15) is 22.0 Å². The molecule has 3 atom stereocenters. The highest BCUT2D eigenvalue weighted by Crippen LogP contribution is 2.41. The van der Waals surface area contributed by atoms with Gasteiger partial charge >= 0.3 is 6.03 Å². The molecule has 9 heteroatoms. The summed E-state index contributed by atoms with van der Waals surface area (Å²) >= 11 is 5.92. The van der Waals surface area contributed by atoms with Crippen LogP contribution in [0.25, 0.3) is 0 Å². The fraction of sp³-hybridized carbons (Fsp3) is 0.526. The van der Waals surface area contributed by atoms with E-state index in [1.54, 1.807) is 31.2 Å². The molecule has 5 nitrogen and oxygen atoms in total. The van der Waals surface area contributed by atoms with Crippen molar-refractivity contribution in [1.29, 1.82) is 0 Å². The second-order valence-electron chi connectivity index (χ2n) is 7.33. The summed E-state index contributed by atoms with van der Waals surface area (Å²) in [5, 5.41) is 4.26. The monoisotopic (exact) mass is 434 g/mol. The summed E-state index contributed by atoms with van der Waals surface area (Å²) in [6.07, 6.45) is 2.75. The number of hydrogen-bond acceptors (Lipinski definition) is 3. The van der Waals surface area contributed by atoms with Gasteiger partial charge in [-0.3, -0.25) is 0 Å². The summed E-state index contributed by atoms with van der Waals surface area (Å²) in [7, 11) is -3.30. The van der Waals surface area contributed by atoms with Gasteiger partial charge < -0.3 is 10.2 Å². The van der Waals surface area contributed by atoms with E-state index in [-0.39, 0.29) is 19.4 Å². The van der Waals surface area contributed by atoms with E-state index in [0.717, 1.165) is 24.2 Å². The Balaban J connectivity index is 2.21. The summed E-state index contributed by atoms with van der Waals surface area (Å²) in [4.78, 5) is 14.3. The van der Waals surface area contributed by atoms with E-state index < -0.39 is 39.8 Å². The van der Waals surface area contributed by atoms with E-state index >= 15 is 0 Å². The minimum absolute atomic E-state index is 0.131. The highest BCUT2D eigenvalue weighted by Gasteiger charge is 2.42. The summed E-state index contributed by atoms with van der Waals surface area (Å²) in [5.41, 5.74) is 0.729. The van der Waals surface area contributed by atoms with Crippen LogP contribution >= 0.6 is 11.6 Å². The molecule has 0 aromatic heterocycles. The first-order valence-electron chi connectivity index (χ1n) is 8.95. The molecule has 1 N–H and O–H groups in total. The van der Waals surface area contributed by atoms with Gasteiger partial charge in [-0.1, -0.05) is 29.8 Å². The number of carbonyl (C=O) groups is 1. The lowest BCUT2D eigenvalue weighted by atomic mass is 9.84. The van der Waals surface area contributed by atoms with Gasteiger partial charge in [0.15, 0.2) is 9.84 Å². The molecule has 1 fully saturated rings. The van der Waals surface area contributed by atoms with Gasteiger partial charge in [-0.15, -0.1) is 0 Å². The van der Waals surface area contributed by atoms with E-state index in [1.807, 2.05) is 0 Å². The Labute approximate surface area is 169 Å². The number of amides is 2. The van der Waals surface area contributed by atoms with Crippen LogP contribution in [0.1, 0.15) is 38.3 Å². The summed E-state index contributed by atoms with van der Waals surface area (Å²) in [6.45, 7) is 2.73. The zero-order valence-electron chi connectivity index (χ0n) is 16.0. The highest BCUT2D eigenvalue weighted by molar-refractivity contribution is 7.93. The molecular formula is C19H25ClF2N2O3S. The number of hydrogen-bond donors (Lipinski definition) is 1. The Hall–Kier alpha value is -1.67. The van der Waals surface area contributed by atoms with Crippen LogP contribution in [0.3, 0.4) is 0 Å². The van der Waals surface area contributed by atoms with Crippen LogP contribution < -0.4 is 5.32 Å². The van der Waals surface area contributed by atoms with E-state index in [4.69, 9.17) is 11.6 Å². The molecule has 1 aliphatic rings. The van der Waals surface area contributed by atoms with Gasteiger partial charge in [-0.2, -0.15) is 0 Å². The van der Waals surface area contributed by atoms with Crippen molar-refractivity contribution in [3.05, 3.63) is 46.3 Å². The topological polar surface area (TPSA) is 66.5 Å². The number of halogens is 3. The van der Waals surface area contributed by atoms with E-state index in [0.29, 0.717) is 5.02 Å². The van der Waals surface area contributed by atoms with Crippen LogP contribution in [-0.2, 0) is 9.84 Å². The maximum Gasteiger partial charge on any atom is 0.318 e. The second-order valence-corrected chi connectivity index (χ2v) is 9.70. The summed E-state index contributed by atoms with van der Waals surface area (Å²) < 4.78 is 50.3. The van der Waals surface area contributed by atoms with Gasteiger partial charge in [-0.25, -0.2) is 22.0 Å². The SMILES string of the molecule is C[C@@H](/C=C/S(C)(=O)=O)NC(=O)N1CC[C@@H](C(C)(F)F)C[C@H]1c1ccc(Cl)cc1. The van der Waals surface area contributed by atoms with Gasteiger partial charge in [0, 0.05) is 35.2 Å². The quantitative estimate of drug-likeness (QED) is 0.746. The summed E-state index contributed by atoms with van der Waals surface area (Å²) in [6, 6.07) is 5.32. The molecule has 2 amide bonds. The molecule has 1 aromatic rings. The lowest BCUT2D eigenvalue weighted by molar-refractivity contribution is -0.0686. The number of rotatable bonds is 5. The number of nitrogens with zero attached hydrogens (tertiary/aromatic N) is 1. The number of carbonyl (C=O) groups excluding carboxylic acids is 1. The summed E-state index contributed by atoms with van der Waals surface area (Å²) in [5.74, 6) is -3.67. The van der Waals surface area contributed by atoms with Crippen LogP contribution in [0, 0.1) is 5.92 Å². The molecule has 0 aliphatic carbocycles. The van der Waals surface area contributed by atoms with Gasteiger partial charge in [0.25, 0.3) is 0 Å². The van der Waals surface area contributed by atoms with Crippen LogP contribution in [0.2, 0.25) is 5.02 Å². The van der Waals surface area contributed by atoms with Crippen molar-refractivity contribution in [3.63, 3.8) is 0 Å². The number of benzene rings is 1.